The third-order valence-electron chi connectivity index (χ3n) is 9.67. The number of nitrogens with one attached hydrogen (secondary N) is 1. The van der Waals surface area contributed by atoms with Crippen LogP contribution in [0, 0.1) is 11.8 Å². The van der Waals surface area contributed by atoms with E-state index >= 15 is 0 Å². The lowest BCUT2D eigenvalue weighted by atomic mass is 9.83. The number of halogens is 1. The summed E-state index contributed by atoms with van der Waals surface area (Å²) in [5.74, 6) is 1.80. The summed E-state index contributed by atoms with van der Waals surface area (Å²) < 4.78 is 19.5. The topological polar surface area (TPSA) is 137 Å². The first-order valence-corrected chi connectivity index (χ1v) is 17.4. The molecule has 1 saturated carbocycles. The van der Waals surface area contributed by atoms with Crippen LogP contribution in [0.1, 0.15) is 49.8 Å². The van der Waals surface area contributed by atoms with Crippen molar-refractivity contribution in [3.63, 3.8) is 0 Å². The van der Waals surface area contributed by atoms with Gasteiger partial charge in [0.25, 0.3) is 0 Å². The zero-order valence-corrected chi connectivity index (χ0v) is 28.4. The number of aromatic nitrogens is 7. The van der Waals surface area contributed by atoms with Gasteiger partial charge in [0, 0.05) is 19.3 Å². The van der Waals surface area contributed by atoms with Gasteiger partial charge in [-0.25, -0.2) is 19.7 Å². The molecule has 1 aliphatic heterocycles. The quantitative estimate of drug-likeness (QED) is 0.171. The average Bonchev–Trinajstić information content (AvgIpc) is 3.75. The molecule has 2 fully saturated rings. The van der Waals surface area contributed by atoms with Gasteiger partial charge in [-0.15, -0.1) is 0 Å². The van der Waals surface area contributed by atoms with Gasteiger partial charge >= 0.3 is 5.76 Å². The average molecular weight is 693 g/mol. The lowest BCUT2D eigenvalue weighted by Gasteiger charge is -2.37. The number of nitrogens with zero attached hydrogens (tertiary/aromatic N) is 7. The molecule has 0 bridgehead atoms. The molecule has 50 heavy (non-hydrogen) atoms. The number of hydrogen-bond acceptors (Lipinski definition) is 10. The minimum absolute atomic E-state index is 0.0627. The second-order valence-electron chi connectivity index (χ2n) is 13.1. The Labute approximate surface area is 293 Å². The van der Waals surface area contributed by atoms with Crippen LogP contribution in [0.25, 0.3) is 34.1 Å². The van der Waals surface area contributed by atoms with Gasteiger partial charge < -0.3 is 18.9 Å². The van der Waals surface area contributed by atoms with E-state index < -0.39 is 5.76 Å². The van der Waals surface area contributed by atoms with E-state index in [0.717, 1.165) is 42.0 Å². The number of fused-ring (bicyclic) bond motifs is 1. The van der Waals surface area contributed by atoms with Crippen molar-refractivity contribution >= 4 is 28.7 Å². The summed E-state index contributed by atoms with van der Waals surface area (Å²) in [6, 6.07) is 22.0. The SMILES string of the molecule is CC1CCC(Cn2c(N3CCOC[C@H]3c3ccccc3)nc3nc(-c4noc(=O)[nH]4)nc(-c4cc(Cl)cnc4OCc4ccccc4)c32)CC1. The van der Waals surface area contributed by atoms with E-state index in [4.69, 9.17) is 40.5 Å². The Hall–Kier alpha value is -5.07. The fourth-order valence-corrected chi connectivity index (χ4v) is 7.20. The van der Waals surface area contributed by atoms with Gasteiger partial charge in [0.2, 0.25) is 23.5 Å². The van der Waals surface area contributed by atoms with Gasteiger partial charge in [-0.05, 0) is 41.9 Å². The van der Waals surface area contributed by atoms with Gasteiger partial charge in [0.05, 0.1) is 29.8 Å². The van der Waals surface area contributed by atoms with Crippen LogP contribution < -0.4 is 15.4 Å². The number of aromatic amines is 1. The van der Waals surface area contributed by atoms with Crippen molar-refractivity contribution in [2.75, 3.05) is 24.7 Å². The molecule has 1 N–H and O–H groups in total. The predicted octanol–water partition coefficient (Wildman–Crippen LogP) is 6.87. The fraction of sp³-hybridized carbons (Fsp3) is 0.351. The second-order valence-corrected chi connectivity index (χ2v) is 13.6. The molecule has 0 unspecified atom stereocenters. The van der Waals surface area contributed by atoms with E-state index in [1.165, 1.54) is 12.8 Å². The first-order chi connectivity index (χ1) is 24.5. The summed E-state index contributed by atoms with van der Waals surface area (Å²) in [6.07, 6.45) is 6.15. The number of rotatable bonds is 9. The van der Waals surface area contributed by atoms with Crippen molar-refractivity contribution in [3.05, 3.63) is 99.6 Å². The predicted molar refractivity (Wildman–Crippen MR) is 189 cm³/mol. The third-order valence-corrected chi connectivity index (χ3v) is 9.88. The van der Waals surface area contributed by atoms with Crippen molar-refractivity contribution in [2.45, 2.75) is 51.8 Å². The van der Waals surface area contributed by atoms with Crippen LogP contribution in [-0.2, 0) is 17.9 Å². The molecule has 13 heteroatoms. The van der Waals surface area contributed by atoms with E-state index in [2.05, 4.69) is 43.6 Å². The smallest absolute Gasteiger partial charge is 0.439 e. The molecule has 0 radical (unpaired) electrons. The standard InChI is InChI=1S/C37H37ClN8O4/c1-23-12-14-24(15-13-23)20-46-31-30(28-18-27(38)19-39-35(28)49-21-25-8-4-2-5-9-25)40-33(34-43-37(47)50-44-34)41-32(31)42-36(46)45-16-17-48-22-29(45)26-10-6-3-7-11-26/h2-11,18-19,23-24,29H,12-17,20-22H2,1H3,(H,43,44,47)/t23?,24?,29-/m0/s1. The Morgan fingerprint density at radius 2 is 1.78 bits per heavy atom. The maximum Gasteiger partial charge on any atom is 0.439 e. The highest BCUT2D eigenvalue weighted by Gasteiger charge is 2.33. The van der Waals surface area contributed by atoms with Crippen molar-refractivity contribution < 1.29 is 14.0 Å². The minimum atomic E-state index is -0.710. The van der Waals surface area contributed by atoms with E-state index in [-0.39, 0.29) is 24.3 Å². The van der Waals surface area contributed by atoms with E-state index in [1.807, 2.05) is 48.5 Å². The molecule has 2 aromatic carbocycles. The van der Waals surface area contributed by atoms with E-state index in [9.17, 15) is 4.79 Å². The van der Waals surface area contributed by atoms with Crippen LogP contribution >= 0.6 is 11.6 Å². The highest BCUT2D eigenvalue weighted by molar-refractivity contribution is 6.30. The van der Waals surface area contributed by atoms with E-state index in [0.29, 0.717) is 59.4 Å². The molecule has 1 aliphatic carbocycles. The Bertz CT molecular complexity index is 2140. The Morgan fingerprint density at radius 1 is 1.00 bits per heavy atom. The fourth-order valence-electron chi connectivity index (χ4n) is 7.04. The Morgan fingerprint density at radius 3 is 2.54 bits per heavy atom. The van der Waals surface area contributed by atoms with Crippen LogP contribution in [0.4, 0.5) is 5.95 Å². The normalized spacial score (nSPS) is 19.6. The van der Waals surface area contributed by atoms with Crippen molar-refractivity contribution in [1.29, 1.82) is 0 Å². The molecule has 1 atom stereocenters. The molecule has 256 valence electrons. The summed E-state index contributed by atoms with van der Waals surface area (Å²) >= 11 is 6.64. The molecular formula is C37H37ClN8O4. The molecule has 0 spiro atoms. The molecule has 6 aromatic rings. The largest absolute Gasteiger partial charge is 0.472 e. The highest BCUT2D eigenvalue weighted by Crippen LogP contribution is 2.40. The first kappa shape index (κ1) is 32.2. The van der Waals surface area contributed by atoms with Gasteiger partial charge in [0.1, 0.15) is 17.8 Å². The van der Waals surface area contributed by atoms with Gasteiger partial charge in [-0.3, -0.25) is 9.51 Å². The number of pyridine rings is 1. The summed E-state index contributed by atoms with van der Waals surface area (Å²) in [7, 11) is 0. The van der Waals surface area contributed by atoms with Crippen LogP contribution in [0.15, 0.2) is 82.2 Å². The number of morpholine rings is 1. The molecule has 8 rings (SSSR count). The molecule has 4 aromatic heterocycles. The maximum absolute atomic E-state index is 12.1. The van der Waals surface area contributed by atoms with Gasteiger partial charge in [-0.1, -0.05) is 97.2 Å². The summed E-state index contributed by atoms with van der Waals surface area (Å²) in [4.78, 5) is 36.8. The second kappa shape index (κ2) is 14.0. The zero-order chi connectivity index (χ0) is 34.0. The van der Waals surface area contributed by atoms with Crippen LogP contribution in [-0.4, -0.2) is 54.4 Å². The molecule has 2 aliphatic rings. The number of imidazole rings is 1. The van der Waals surface area contributed by atoms with Gasteiger partial charge in [-0.2, -0.15) is 4.98 Å². The van der Waals surface area contributed by atoms with Crippen LogP contribution in [0.3, 0.4) is 0 Å². The van der Waals surface area contributed by atoms with Crippen molar-refractivity contribution in [2.24, 2.45) is 11.8 Å². The molecular weight excluding hydrogens is 656 g/mol. The zero-order valence-electron chi connectivity index (χ0n) is 27.7. The number of ether oxygens (including phenoxy) is 2. The monoisotopic (exact) mass is 692 g/mol. The van der Waals surface area contributed by atoms with Gasteiger partial charge in [0.15, 0.2) is 5.65 Å². The number of anilines is 1. The van der Waals surface area contributed by atoms with Crippen LogP contribution in [0.5, 0.6) is 5.88 Å². The Kier molecular flexibility index (Phi) is 9.03. The first-order valence-electron chi connectivity index (χ1n) is 17.1. The Balaban J connectivity index is 1.34. The summed E-state index contributed by atoms with van der Waals surface area (Å²) in [5.41, 5.74) is 4.38. The van der Waals surface area contributed by atoms with E-state index in [1.54, 1.807) is 12.3 Å². The summed E-state index contributed by atoms with van der Waals surface area (Å²) in [6.45, 7) is 5.07. The molecule has 12 nitrogen and oxygen atoms in total. The number of hydrogen-bond donors (Lipinski definition) is 1. The van der Waals surface area contributed by atoms with Crippen molar-refractivity contribution in [1.82, 2.24) is 34.6 Å². The lowest BCUT2D eigenvalue weighted by Crippen LogP contribution is -2.41. The highest BCUT2D eigenvalue weighted by atomic mass is 35.5. The molecule has 0 amide bonds. The molecule has 5 heterocycles. The lowest BCUT2D eigenvalue weighted by molar-refractivity contribution is 0.0927. The molecule has 1 saturated heterocycles. The van der Waals surface area contributed by atoms with Crippen molar-refractivity contribution in [3.8, 4) is 28.8 Å². The number of H-pyrrole nitrogens is 1. The maximum atomic E-state index is 12.1. The third kappa shape index (κ3) is 6.60. The minimum Gasteiger partial charge on any atom is -0.472 e. The number of benzene rings is 2. The summed E-state index contributed by atoms with van der Waals surface area (Å²) in [5, 5.41) is 4.33. The van der Waals surface area contributed by atoms with Crippen LogP contribution in [0.2, 0.25) is 5.02 Å².